The van der Waals surface area contributed by atoms with Gasteiger partial charge in [0.25, 0.3) is 0 Å². The van der Waals surface area contributed by atoms with E-state index in [1.54, 1.807) is 6.92 Å². The summed E-state index contributed by atoms with van der Waals surface area (Å²) in [6, 6.07) is 0.142. The van der Waals surface area contributed by atoms with Crippen molar-refractivity contribution in [1.82, 2.24) is 15.0 Å². The van der Waals surface area contributed by atoms with Crippen molar-refractivity contribution in [3.8, 4) is 0 Å². The van der Waals surface area contributed by atoms with Gasteiger partial charge >= 0.3 is 0 Å². The van der Waals surface area contributed by atoms with Crippen LogP contribution in [0, 0.1) is 6.92 Å². The molecule has 2 N–H and O–H groups in total. The summed E-state index contributed by atoms with van der Waals surface area (Å²) in [7, 11) is -3.37. The van der Waals surface area contributed by atoms with Gasteiger partial charge in [-0.3, -0.25) is 4.90 Å². The molecule has 1 atom stereocenters. The van der Waals surface area contributed by atoms with Gasteiger partial charge in [0.2, 0.25) is 15.9 Å². The summed E-state index contributed by atoms with van der Waals surface area (Å²) in [6.45, 7) is 3.38. The van der Waals surface area contributed by atoms with Crippen LogP contribution < -0.4 is 5.14 Å². The zero-order chi connectivity index (χ0) is 13.2. The molecule has 102 valence electrons. The quantitative estimate of drug-likeness (QED) is 0.822. The van der Waals surface area contributed by atoms with Crippen LogP contribution in [0.2, 0.25) is 0 Å². The Morgan fingerprint density at radius 3 is 2.94 bits per heavy atom. The van der Waals surface area contributed by atoms with Crippen LogP contribution >= 0.6 is 0 Å². The first-order chi connectivity index (χ1) is 8.46. The second-order valence-electron chi connectivity index (χ2n) is 4.59. The maximum atomic E-state index is 10.9. The van der Waals surface area contributed by atoms with E-state index in [1.165, 1.54) is 0 Å². The fourth-order valence-corrected chi connectivity index (χ4v) is 2.84. The van der Waals surface area contributed by atoms with Gasteiger partial charge in [0.05, 0.1) is 11.8 Å². The first kappa shape index (κ1) is 13.4. The van der Waals surface area contributed by atoms with Crippen molar-refractivity contribution in [3.05, 3.63) is 11.7 Å². The Kier molecular flexibility index (Phi) is 3.98. The van der Waals surface area contributed by atoms with Crippen LogP contribution in [0.25, 0.3) is 0 Å². The van der Waals surface area contributed by atoms with E-state index in [2.05, 4.69) is 15.0 Å². The summed E-state index contributed by atoms with van der Waals surface area (Å²) < 4.78 is 26.7. The van der Waals surface area contributed by atoms with Gasteiger partial charge in [0, 0.05) is 6.92 Å². The molecule has 0 aromatic carbocycles. The predicted molar refractivity (Wildman–Crippen MR) is 65.2 cm³/mol. The van der Waals surface area contributed by atoms with Crippen LogP contribution in [0.3, 0.4) is 0 Å². The van der Waals surface area contributed by atoms with E-state index in [9.17, 15) is 8.42 Å². The molecule has 1 saturated heterocycles. The topological polar surface area (TPSA) is 102 Å². The lowest BCUT2D eigenvalue weighted by atomic mass is 10.2. The maximum Gasteiger partial charge on any atom is 0.223 e. The molecule has 1 aromatic heterocycles. The molecule has 18 heavy (non-hydrogen) atoms. The average Bonchev–Trinajstić information content (AvgIpc) is 2.84. The minimum Gasteiger partial charge on any atom is -0.340 e. The first-order valence-corrected chi connectivity index (χ1v) is 7.72. The molecule has 1 aliphatic heterocycles. The normalized spacial score (nSPS) is 21.6. The Morgan fingerprint density at radius 2 is 2.33 bits per heavy atom. The third kappa shape index (κ3) is 3.50. The van der Waals surface area contributed by atoms with Crippen molar-refractivity contribution >= 4 is 10.0 Å². The van der Waals surface area contributed by atoms with E-state index >= 15 is 0 Å². The molecule has 0 amide bonds. The number of rotatable bonds is 5. The third-order valence-electron chi connectivity index (χ3n) is 3.08. The molecule has 2 rings (SSSR count). The number of nitrogens with zero attached hydrogens (tertiary/aromatic N) is 3. The summed E-state index contributed by atoms with van der Waals surface area (Å²) in [4.78, 5) is 6.43. The summed E-state index contributed by atoms with van der Waals surface area (Å²) >= 11 is 0. The van der Waals surface area contributed by atoms with Crippen molar-refractivity contribution in [2.45, 2.75) is 32.2 Å². The summed E-state index contributed by atoms with van der Waals surface area (Å²) in [5.41, 5.74) is 0. The molecule has 8 heteroatoms. The fraction of sp³-hybridized carbons (Fsp3) is 0.800. The molecule has 1 aromatic rings. The minimum atomic E-state index is -3.37. The van der Waals surface area contributed by atoms with Gasteiger partial charge in [-0.1, -0.05) is 5.16 Å². The van der Waals surface area contributed by atoms with Crippen LogP contribution in [0.4, 0.5) is 0 Å². The first-order valence-electron chi connectivity index (χ1n) is 6.00. The molecular formula is C10H18N4O3S. The number of aryl methyl sites for hydroxylation is 1. The van der Waals surface area contributed by atoms with Gasteiger partial charge in [0.15, 0.2) is 5.82 Å². The van der Waals surface area contributed by atoms with Gasteiger partial charge in [-0.05, 0) is 32.4 Å². The number of hydrogen-bond donors (Lipinski definition) is 1. The lowest BCUT2D eigenvalue weighted by molar-refractivity contribution is 0.243. The van der Waals surface area contributed by atoms with E-state index in [-0.39, 0.29) is 11.8 Å². The summed E-state index contributed by atoms with van der Waals surface area (Å²) in [5, 5.41) is 8.92. The predicted octanol–water partition coefficient (Wildman–Crippen LogP) is 0.194. The zero-order valence-corrected chi connectivity index (χ0v) is 11.2. The lowest BCUT2D eigenvalue weighted by Gasteiger charge is -2.21. The standard InChI is InChI=1S/C10H18N4O3S/c1-8-12-10(13-17-8)9-4-2-5-14(9)6-3-7-18(11,15)16/h9H,2-7H2,1H3,(H2,11,15,16)/t9-/m0/s1. The summed E-state index contributed by atoms with van der Waals surface area (Å²) in [5.74, 6) is 1.27. The molecule has 1 fully saturated rings. The molecule has 0 radical (unpaired) electrons. The Morgan fingerprint density at radius 1 is 1.56 bits per heavy atom. The number of hydrogen-bond acceptors (Lipinski definition) is 6. The van der Waals surface area contributed by atoms with Crippen LogP contribution in [-0.2, 0) is 10.0 Å². The van der Waals surface area contributed by atoms with Crippen LogP contribution in [0.1, 0.15) is 37.0 Å². The van der Waals surface area contributed by atoms with Crippen molar-refractivity contribution in [2.75, 3.05) is 18.8 Å². The molecule has 0 saturated carbocycles. The monoisotopic (exact) mass is 274 g/mol. The Labute approximate surface area is 106 Å². The molecule has 7 nitrogen and oxygen atoms in total. The molecule has 0 unspecified atom stereocenters. The van der Waals surface area contributed by atoms with Crippen LogP contribution in [0.15, 0.2) is 4.52 Å². The Hall–Kier alpha value is -0.990. The van der Waals surface area contributed by atoms with Crippen LogP contribution in [0.5, 0.6) is 0 Å². The number of primary sulfonamides is 1. The highest BCUT2D eigenvalue weighted by atomic mass is 32.2. The molecule has 0 aliphatic carbocycles. The molecule has 0 bridgehead atoms. The third-order valence-corrected chi connectivity index (χ3v) is 3.94. The molecule has 0 spiro atoms. The van der Waals surface area contributed by atoms with Crippen LogP contribution in [-0.4, -0.2) is 42.3 Å². The van der Waals surface area contributed by atoms with E-state index in [1.807, 2.05) is 0 Å². The minimum absolute atomic E-state index is 0.0154. The highest BCUT2D eigenvalue weighted by Crippen LogP contribution is 2.29. The van der Waals surface area contributed by atoms with Gasteiger partial charge in [-0.2, -0.15) is 4.98 Å². The largest absolute Gasteiger partial charge is 0.340 e. The van der Waals surface area contributed by atoms with E-state index in [0.717, 1.165) is 19.4 Å². The van der Waals surface area contributed by atoms with Crippen molar-refractivity contribution < 1.29 is 12.9 Å². The van der Waals surface area contributed by atoms with Crippen molar-refractivity contribution in [2.24, 2.45) is 5.14 Å². The van der Waals surface area contributed by atoms with E-state index in [4.69, 9.17) is 9.66 Å². The number of likely N-dealkylation sites (tertiary alicyclic amines) is 1. The van der Waals surface area contributed by atoms with Gasteiger partial charge < -0.3 is 4.52 Å². The van der Waals surface area contributed by atoms with Gasteiger partial charge in [-0.25, -0.2) is 13.6 Å². The number of aromatic nitrogens is 2. The SMILES string of the molecule is Cc1nc([C@@H]2CCCN2CCCS(N)(=O)=O)no1. The average molecular weight is 274 g/mol. The molecule has 2 heterocycles. The number of nitrogens with two attached hydrogens (primary N) is 1. The lowest BCUT2D eigenvalue weighted by Crippen LogP contribution is -2.27. The smallest absolute Gasteiger partial charge is 0.223 e. The number of sulfonamides is 1. The molecule has 1 aliphatic rings. The van der Waals surface area contributed by atoms with E-state index < -0.39 is 10.0 Å². The van der Waals surface area contributed by atoms with Gasteiger partial charge in [-0.15, -0.1) is 0 Å². The molecular weight excluding hydrogens is 256 g/mol. The fourth-order valence-electron chi connectivity index (χ4n) is 2.31. The Bertz CT molecular complexity index is 499. The zero-order valence-electron chi connectivity index (χ0n) is 10.4. The van der Waals surface area contributed by atoms with Gasteiger partial charge in [0.1, 0.15) is 0 Å². The van der Waals surface area contributed by atoms with Crippen molar-refractivity contribution in [3.63, 3.8) is 0 Å². The second-order valence-corrected chi connectivity index (χ2v) is 6.32. The van der Waals surface area contributed by atoms with E-state index in [0.29, 0.717) is 24.7 Å². The highest BCUT2D eigenvalue weighted by molar-refractivity contribution is 7.89. The summed E-state index contributed by atoms with van der Waals surface area (Å²) in [6.07, 6.45) is 2.58. The van der Waals surface area contributed by atoms with Crippen molar-refractivity contribution in [1.29, 1.82) is 0 Å². The second kappa shape index (κ2) is 5.33. The highest BCUT2D eigenvalue weighted by Gasteiger charge is 2.29. The maximum absolute atomic E-state index is 10.9. The Balaban J connectivity index is 1.92.